The van der Waals surface area contributed by atoms with Crippen LogP contribution in [0.3, 0.4) is 0 Å². The molecule has 0 spiro atoms. The van der Waals surface area contributed by atoms with Gasteiger partial charge >= 0.3 is 0 Å². The lowest BCUT2D eigenvalue weighted by molar-refractivity contribution is 0.194. The Bertz CT molecular complexity index is 673. The van der Waals surface area contributed by atoms with E-state index in [4.69, 9.17) is 0 Å². The average molecular weight is 298 g/mol. The first-order valence-corrected chi connectivity index (χ1v) is 7.99. The van der Waals surface area contributed by atoms with E-state index in [-0.39, 0.29) is 0 Å². The van der Waals surface area contributed by atoms with Gasteiger partial charge in [-0.1, -0.05) is 0 Å². The highest BCUT2D eigenvalue weighted by Gasteiger charge is 2.32. The number of hydrogen-bond acceptors (Lipinski definition) is 5. The average Bonchev–Trinajstić information content (AvgIpc) is 3.02. The Labute approximate surface area is 130 Å². The molecule has 0 bridgehead atoms. The minimum Gasteiger partial charge on any atom is -0.353 e. The number of rotatable bonds is 4. The molecule has 2 aliphatic rings. The molecule has 6 heteroatoms. The van der Waals surface area contributed by atoms with Gasteiger partial charge in [0.1, 0.15) is 12.1 Å². The summed E-state index contributed by atoms with van der Waals surface area (Å²) >= 11 is 0. The van der Waals surface area contributed by atoms with Crippen molar-refractivity contribution in [1.29, 1.82) is 0 Å². The number of nitrogens with zero attached hydrogens (tertiary/aromatic N) is 5. The zero-order valence-electron chi connectivity index (χ0n) is 13.2. The number of aromatic nitrogens is 4. The number of aromatic amines is 1. The van der Waals surface area contributed by atoms with Gasteiger partial charge in [0.2, 0.25) is 0 Å². The molecule has 0 saturated carbocycles. The molecule has 1 aliphatic heterocycles. The Morgan fingerprint density at radius 1 is 1.32 bits per heavy atom. The number of anilines is 1. The molecule has 0 aromatic carbocycles. The van der Waals surface area contributed by atoms with Crippen LogP contribution in [0.2, 0.25) is 0 Å². The van der Waals surface area contributed by atoms with Gasteiger partial charge in [-0.05, 0) is 38.8 Å². The van der Waals surface area contributed by atoms with E-state index < -0.39 is 0 Å². The van der Waals surface area contributed by atoms with Crippen molar-refractivity contribution in [2.45, 2.75) is 38.8 Å². The molecule has 3 heterocycles. The summed E-state index contributed by atoms with van der Waals surface area (Å²) in [6, 6.07) is 2.63. The highest BCUT2D eigenvalue weighted by atomic mass is 15.3. The van der Waals surface area contributed by atoms with Crippen molar-refractivity contribution in [3.05, 3.63) is 35.0 Å². The van der Waals surface area contributed by atoms with Crippen LogP contribution in [0, 0.1) is 6.92 Å². The summed E-state index contributed by atoms with van der Waals surface area (Å²) in [7, 11) is 2.20. The molecule has 2 aromatic heterocycles. The second-order valence-electron chi connectivity index (χ2n) is 6.47. The lowest BCUT2D eigenvalue weighted by Crippen LogP contribution is -2.58. The standard InChI is InChI=1S/C16H22N6/c1-11-6-16(18-10-17-11)22-7-12(8-22)21(2)9-15-13-4-3-5-14(13)19-20-15/h6,10,12H,3-5,7-9H2,1-2H3,(H,19,20). The van der Waals surface area contributed by atoms with E-state index in [0.29, 0.717) is 6.04 Å². The zero-order chi connectivity index (χ0) is 15.1. The monoisotopic (exact) mass is 298 g/mol. The minimum atomic E-state index is 0.573. The SMILES string of the molecule is Cc1cc(N2CC(N(C)Cc3n[nH]c4c3CCC4)C2)ncn1. The Kier molecular flexibility index (Phi) is 3.33. The molecule has 1 N–H and O–H groups in total. The van der Waals surface area contributed by atoms with Crippen LogP contribution >= 0.6 is 0 Å². The van der Waals surface area contributed by atoms with Crippen molar-refractivity contribution in [3.63, 3.8) is 0 Å². The molecular weight excluding hydrogens is 276 g/mol. The van der Waals surface area contributed by atoms with Gasteiger partial charge in [0.25, 0.3) is 0 Å². The third-order valence-corrected chi connectivity index (χ3v) is 4.89. The largest absolute Gasteiger partial charge is 0.353 e. The van der Waals surface area contributed by atoms with E-state index in [1.165, 1.54) is 29.8 Å². The highest BCUT2D eigenvalue weighted by Crippen LogP contribution is 2.26. The number of aryl methyl sites for hydroxylation is 2. The van der Waals surface area contributed by atoms with Gasteiger partial charge in [0, 0.05) is 43.1 Å². The number of hydrogen-bond donors (Lipinski definition) is 1. The summed E-state index contributed by atoms with van der Waals surface area (Å²) in [5, 5.41) is 7.71. The van der Waals surface area contributed by atoms with E-state index in [1.54, 1.807) is 6.33 Å². The van der Waals surface area contributed by atoms with Crippen LogP contribution in [-0.4, -0.2) is 51.2 Å². The molecule has 0 radical (unpaired) electrons. The first-order valence-electron chi connectivity index (χ1n) is 7.99. The molecule has 2 aromatic rings. The fourth-order valence-electron chi connectivity index (χ4n) is 3.42. The van der Waals surface area contributed by atoms with Gasteiger partial charge < -0.3 is 4.90 Å². The van der Waals surface area contributed by atoms with E-state index in [9.17, 15) is 0 Å². The first-order chi connectivity index (χ1) is 10.7. The summed E-state index contributed by atoms with van der Waals surface area (Å²) in [6.45, 7) is 5.00. The molecule has 1 fully saturated rings. The summed E-state index contributed by atoms with van der Waals surface area (Å²) in [5.41, 5.74) is 5.09. The second-order valence-corrected chi connectivity index (χ2v) is 6.47. The minimum absolute atomic E-state index is 0.573. The predicted molar refractivity (Wildman–Crippen MR) is 84.8 cm³/mol. The maximum Gasteiger partial charge on any atom is 0.132 e. The zero-order valence-corrected chi connectivity index (χ0v) is 13.2. The molecule has 1 saturated heterocycles. The summed E-state index contributed by atoms with van der Waals surface area (Å²) in [4.78, 5) is 13.2. The molecule has 116 valence electrons. The Morgan fingerprint density at radius 3 is 3.00 bits per heavy atom. The number of fused-ring (bicyclic) bond motifs is 1. The summed E-state index contributed by atoms with van der Waals surface area (Å²) in [5.74, 6) is 1.04. The number of H-pyrrole nitrogens is 1. The van der Waals surface area contributed by atoms with Crippen molar-refractivity contribution in [2.75, 3.05) is 25.0 Å². The third kappa shape index (κ3) is 2.37. The molecular formula is C16H22N6. The van der Waals surface area contributed by atoms with Gasteiger partial charge in [0.15, 0.2) is 0 Å². The van der Waals surface area contributed by atoms with E-state index >= 15 is 0 Å². The molecule has 4 rings (SSSR count). The predicted octanol–water partition coefficient (Wildman–Crippen LogP) is 1.32. The van der Waals surface area contributed by atoms with Gasteiger partial charge in [-0.2, -0.15) is 5.10 Å². The number of likely N-dealkylation sites (N-methyl/N-ethyl adjacent to an activating group) is 1. The third-order valence-electron chi connectivity index (χ3n) is 4.89. The van der Waals surface area contributed by atoms with Crippen LogP contribution in [-0.2, 0) is 19.4 Å². The smallest absolute Gasteiger partial charge is 0.132 e. The Morgan fingerprint density at radius 2 is 2.18 bits per heavy atom. The Balaban J connectivity index is 1.36. The van der Waals surface area contributed by atoms with E-state index in [0.717, 1.165) is 37.6 Å². The highest BCUT2D eigenvalue weighted by molar-refractivity contribution is 5.42. The van der Waals surface area contributed by atoms with Crippen molar-refractivity contribution >= 4 is 5.82 Å². The maximum absolute atomic E-state index is 4.51. The van der Waals surface area contributed by atoms with E-state index in [1.807, 2.05) is 6.92 Å². The second kappa shape index (κ2) is 5.35. The van der Waals surface area contributed by atoms with Crippen LogP contribution in [0.5, 0.6) is 0 Å². The molecule has 1 aliphatic carbocycles. The molecule has 0 amide bonds. The summed E-state index contributed by atoms with van der Waals surface area (Å²) < 4.78 is 0. The lowest BCUT2D eigenvalue weighted by Gasteiger charge is -2.44. The maximum atomic E-state index is 4.51. The molecule has 0 atom stereocenters. The van der Waals surface area contributed by atoms with Crippen LogP contribution in [0.1, 0.15) is 29.1 Å². The fourth-order valence-corrected chi connectivity index (χ4v) is 3.42. The molecule has 0 unspecified atom stereocenters. The van der Waals surface area contributed by atoms with Crippen LogP contribution in [0.15, 0.2) is 12.4 Å². The van der Waals surface area contributed by atoms with Gasteiger partial charge in [-0.15, -0.1) is 0 Å². The summed E-state index contributed by atoms with van der Waals surface area (Å²) in [6.07, 6.45) is 5.27. The normalized spacial score (nSPS) is 17.9. The number of nitrogens with one attached hydrogen (secondary N) is 1. The van der Waals surface area contributed by atoms with Crippen LogP contribution in [0.4, 0.5) is 5.82 Å². The topological polar surface area (TPSA) is 60.9 Å². The van der Waals surface area contributed by atoms with Gasteiger partial charge in [-0.25, -0.2) is 9.97 Å². The van der Waals surface area contributed by atoms with Crippen molar-refractivity contribution in [2.24, 2.45) is 0 Å². The Hall–Kier alpha value is -1.95. The van der Waals surface area contributed by atoms with E-state index in [2.05, 4.69) is 43.1 Å². The van der Waals surface area contributed by atoms with Crippen molar-refractivity contribution in [1.82, 2.24) is 25.1 Å². The van der Waals surface area contributed by atoms with Gasteiger partial charge in [0.05, 0.1) is 5.69 Å². The van der Waals surface area contributed by atoms with Crippen LogP contribution in [0.25, 0.3) is 0 Å². The van der Waals surface area contributed by atoms with Crippen molar-refractivity contribution < 1.29 is 0 Å². The molecule has 22 heavy (non-hydrogen) atoms. The first kappa shape index (κ1) is 13.7. The van der Waals surface area contributed by atoms with Crippen molar-refractivity contribution in [3.8, 4) is 0 Å². The quantitative estimate of drug-likeness (QED) is 0.922. The van der Waals surface area contributed by atoms with Gasteiger partial charge in [-0.3, -0.25) is 10.00 Å². The molecule has 6 nitrogen and oxygen atoms in total. The fraction of sp³-hybridized carbons (Fsp3) is 0.562. The lowest BCUT2D eigenvalue weighted by atomic mass is 10.1. The van der Waals surface area contributed by atoms with Crippen LogP contribution < -0.4 is 4.90 Å².